The van der Waals surface area contributed by atoms with Crippen molar-refractivity contribution in [2.45, 2.75) is 0 Å². The van der Waals surface area contributed by atoms with Crippen LogP contribution in [0, 0.1) is 0 Å². The predicted octanol–water partition coefficient (Wildman–Crippen LogP) is 6.61. The van der Waals surface area contributed by atoms with Gasteiger partial charge >= 0.3 is 0 Å². The van der Waals surface area contributed by atoms with Gasteiger partial charge in [-0.1, -0.05) is 52.5 Å². The Morgan fingerprint density at radius 3 is 1.83 bits per heavy atom. The van der Waals surface area contributed by atoms with Gasteiger partial charge in [-0.25, -0.2) is 0 Å². The molecule has 0 radical (unpaired) electrons. The molecule has 0 fully saturated rings. The highest BCUT2D eigenvalue weighted by Crippen LogP contribution is 2.36. The van der Waals surface area contributed by atoms with E-state index in [1.807, 2.05) is 12.1 Å². The van der Waals surface area contributed by atoms with Crippen LogP contribution in [0.5, 0.6) is 0 Å². The van der Waals surface area contributed by atoms with Crippen molar-refractivity contribution in [1.29, 1.82) is 0 Å². The Morgan fingerprint density at radius 2 is 1.30 bits per heavy atom. The summed E-state index contributed by atoms with van der Waals surface area (Å²) in [6.45, 7) is 0. The molecular formula is C17H10Cl4N2. The first-order chi connectivity index (χ1) is 11.0. The monoisotopic (exact) mass is 382 g/mol. The van der Waals surface area contributed by atoms with Crippen LogP contribution < -0.4 is 5.73 Å². The number of benzene rings is 2. The Balaban J connectivity index is 2.07. The quantitative estimate of drug-likeness (QED) is 0.540. The lowest BCUT2D eigenvalue weighted by molar-refractivity contribution is 1.33. The van der Waals surface area contributed by atoms with Crippen LogP contribution in [0.3, 0.4) is 0 Å². The zero-order valence-electron chi connectivity index (χ0n) is 11.7. The number of nitrogens with zero attached hydrogens (tertiary/aromatic N) is 1. The number of nitrogen functional groups attached to an aromatic ring is 1. The summed E-state index contributed by atoms with van der Waals surface area (Å²) in [5, 5.41) is 2.16. The highest BCUT2D eigenvalue weighted by atomic mass is 35.5. The highest BCUT2D eigenvalue weighted by molar-refractivity contribution is 6.37. The summed E-state index contributed by atoms with van der Waals surface area (Å²) in [5.41, 5.74) is 9.59. The van der Waals surface area contributed by atoms with E-state index in [0.717, 1.165) is 16.7 Å². The van der Waals surface area contributed by atoms with Gasteiger partial charge in [0.2, 0.25) is 0 Å². The zero-order valence-corrected chi connectivity index (χ0v) is 14.7. The van der Waals surface area contributed by atoms with Crippen LogP contribution in [0.2, 0.25) is 20.1 Å². The molecule has 0 unspecified atom stereocenters. The molecule has 2 aromatic carbocycles. The Morgan fingerprint density at radius 1 is 0.739 bits per heavy atom. The molecule has 0 aliphatic carbocycles. The molecule has 0 spiro atoms. The normalized spacial score (nSPS) is 10.8. The zero-order chi connectivity index (χ0) is 16.6. The smallest absolute Gasteiger partial charge is 0.0946 e. The van der Waals surface area contributed by atoms with Crippen LogP contribution in [0.15, 0.2) is 48.7 Å². The number of aromatic nitrogens is 1. The first-order valence-corrected chi connectivity index (χ1v) is 8.13. The third-order valence-corrected chi connectivity index (χ3v) is 4.44. The summed E-state index contributed by atoms with van der Waals surface area (Å²) in [6, 6.07) is 12.3. The number of rotatable bonds is 2. The summed E-state index contributed by atoms with van der Waals surface area (Å²) in [6.07, 6.45) is 1.70. The standard InChI is InChI=1S/C17H10Cl4N2/c18-10-1-3-12(14(20)6-10)9-5-16(22)17(23-8-9)13-4-2-11(19)7-15(13)21/h1-8H,22H2. The maximum Gasteiger partial charge on any atom is 0.0946 e. The van der Waals surface area contributed by atoms with Crippen molar-refractivity contribution in [3.8, 4) is 22.4 Å². The Hall–Kier alpha value is -1.45. The molecule has 2 nitrogen and oxygen atoms in total. The maximum atomic E-state index is 6.23. The van der Waals surface area contributed by atoms with Crippen molar-refractivity contribution < 1.29 is 0 Å². The van der Waals surface area contributed by atoms with Gasteiger partial charge in [-0.15, -0.1) is 0 Å². The molecule has 6 heteroatoms. The van der Waals surface area contributed by atoms with Crippen LogP contribution >= 0.6 is 46.4 Å². The van der Waals surface area contributed by atoms with Crippen LogP contribution in [-0.2, 0) is 0 Å². The number of nitrogens with two attached hydrogens (primary N) is 1. The lowest BCUT2D eigenvalue weighted by Gasteiger charge is -2.10. The van der Waals surface area contributed by atoms with Crippen molar-refractivity contribution in [3.63, 3.8) is 0 Å². The van der Waals surface area contributed by atoms with Crippen LogP contribution in [0.25, 0.3) is 22.4 Å². The molecule has 0 saturated heterocycles. The van der Waals surface area contributed by atoms with Crippen molar-refractivity contribution >= 4 is 52.1 Å². The van der Waals surface area contributed by atoms with E-state index in [1.54, 1.807) is 36.5 Å². The van der Waals surface area contributed by atoms with Gasteiger partial charge in [0.25, 0.3) is 0 Å². The van der Waals surface area contributed by atoms with E-state index in [0.29, 0.717) is 31.5 Å². The largest absolute Gasteiger partial charge is 0.397 e. The second-order valence-electron chi connectivity index (χ2n) is 4.91. The average molecular weight is 384 g/mol. The molecule has 0 bridgehead atoms. The molecule has 116 valence electrons. The third-order valence-electron chi connectivity index (χ3n) is 3.35. The molecule has 0 aliphatic heterocycles. The van der Waals surface area contributed by atoms with Gasteiger partial charge in [-0.05, 0) is 36.4 Å². The number of pyridine rings is 1. The van der Waals surface area contributed by atoms with Crippen LogP contribution in [0.4, 0.5) is 5.69 Å². The first-order valence-electron chi connectivity index (χ1n) is 6.62. The second-order valence-corrected chi connectivity index (χ2v) is 6.60. The van der Waals surface area contributed by atoms with Crippen molar-refractivity contribution in [2.75, 3.05) is 5.73 Å². The van der Waals surface area contributed by atoms with Crippen molar-refractivity contribution in [1.82, 2.24) is 4.98 Å². The third kappa shape index (κ3) is 3.41. The minimum Gasteiger partial charge on any atom is -0.397 e. The predicted molar refractivity (Wildman–Crippen MR) is 99.6 cm³/mol. The fourth-order valence-corrected chi connectivity index (χ4v) is 3.27. The molecule has 0 amide bonds. The van der Waals surface area contributed by atoms with E-state index in [1.165, 1.54) is 0 Å². The topological polar surface area (TPSA) is 38.9 Å². The summed E-state index contributed by atoms with van der Waals surface area (Å²) >= 11 is 24.3. The molecular weight excluding hydrogens is 374 g/mol. The van der Waals surface area contributed by atoms with E-state index in [4.69, 9.17) is 52.1 Å². The molecule has 0 saturated carbocycles. The minimum atomic E-state index is 0.494. The van der Waals surface area contributed by atoms with Crippen molar-refractivity contribution in [2.24, 2.45) is 0 Å². The summed E-state index contributed by atoms with van der Waals surface area (Å²) in [4.78, 5) is 4.43. The fraction of sp³-hybridized carbons (Fsp3) is 0. The highest BCUT2D eigenvalue weighted by Gasteiger charge is 2.12. The number of halogens is 4. The van der Waals surface area contributed by atoms with E-state index in [-0.39, 0.29) is 0 Å². The molecule has 0 aliphatic rings. The van der Waals surface area contributed by atoms with Gasteiger partial charge in [0.05, 0.1) is 16.4 Å². The van der Waals surface area contributed by atoms with Crippen LogP contribution in [0.1, 0.15) is 0 Å². The summed E-state index contributed by atoms with van der Waals surface area (Å²) in [5.74, 6) is 0. The van der Waals surface area contributed by atoms with Gasteiger partial charge in [0.1, 0.15) is 0 Å². The van der Waals surface area contributed by atoms with Gasteiger partial charge in [-0.3, -0.25) is 4.98 Å². The van der Waals surface area contributed by atoms with Gasteiger partial charge in [0.15, 0.2) is 0 Å². The SMILES string of the molecule is Nc1cc(-c2ccc(Cl)cc2Cl)cnc1-c1ccc(Cl)cc1Cl. The fourth-order valence-electron chi connectivity index (χ4n) is 2.26. The Bertz CT molecular complexity index is 894. The van der Waals surface area contributed by atoms with Crippen LogP contribution in [-0.4, -0.2) is 4.98 Å². The maximum absolute atomic E-state index is 6.23. The van der Waals surface area contributed by atoms with E-state index >= 15 is 0 Å². The summed E-state index contributed by atoms with van der Waals surface area (Å²) in [7, 11) is 0. The molecule has 0 atom stereocenters. The van der Waals surface area contributed by atoms with Crippen molar-refractivity contribution in [3.05, 3.63) is 68.8 Å². The minimum absolute atomic E-state index is 0.494. The summed E-state index contributed by atoms with van der Waals surface area (Å²) < 4.78 is 0. The van der Waals surface area contributed by atoms with Gasteiger partial charge in [0, 0.05) is 38.0 Å². The molecule has 3 aromatic rings. The number of hydrogen-bond acceptors (Lipinski definition) is 2. The molecule has 1 aromatic heterocycles. The van der Waals surface area contributed by atoms with E-state index < -0.39 is 0 Å². The Kier molecular flexibility index (Phi) is 4.69. The molecule has 23 heavy (non-hydrogen) atoms. The van der Waals surface area contributed by atoms with E-state index in [2.05, 4.69) is 4.98 Å². The molecule has 2 N–H and O–H groups in total. The second kappa shape index (κ2) is 6.58. The average Bonchev–Trinajstić information content (AvgIpc) is 2.48. The molecule has 1 heterocycles. The van der Waals surface area contributed by atoms with E-state index in [9.17, 15) is 0 Å². The van der Waals surface area contributed by atoms with Gasteiger partial charge < -0.3 is 5.73 Å². The van der Waals surface area contributed by atoms with Gasteiger partial charge in [-0.2, -0.15) is 0 Å². The molecule has 3 rings (SSSR count). The lowest BCUT2D eigenvalue weighted by Crippen LogP contribution is -1.95. The number of anilines is 1. The Labute approximate surface area is 153 Å². The first kappa shape index (κ1) is 16.4. The lowest BCUT2D eigenvalue weighted by atomic mass is 10.0. The number of hydrogen-bond donors (Lipinski definition) is 1.